The normalized spacial score (nSPS) is 23.9. The van der Waals surface area contributed by atoms with E-state index in [9.17, 15) is 19.9 Å². The van der Waals surface area contributed by atoms with Crippen molar-refractivity contribution in [3.8, 4) is 0 Å². The van der Waals surface area contributed by atoms with Crippen LogP contribution in [-0.2, 0) is 9.59 Å². The van der Waals surface area contributed by atoms with E-state index in [0.29, 0.717) is 22.1 Å². The number of amides is 1. The number of nitrogens with two attached hydrogens (primary N) is 2. The lowest BCUT2D eigenvalue weighted by Crippen LogP contribution is -2.73. The Morgan fingerprint density at radius 3 is 2.71 bits per heavy atom. The number of halogens is 1. The zero-order valence-corrected chi connectivity index (χ0v) is 19.6. The third-order valence-corrected chi connectivity index (χ3v) is 7.23. The van der Waals surface area contributed by atoms with E-state index in [-0.39, 0.29) is 39.8 Å². The molecule has 1 saturated heterocycles. The second-order valence-corrected chi connectivity index (χ2v) is 9.84. The topological polar surface area (TPSA) is 179 Å². The van der Waals surface area contributed by atoms with E-state index >= 15 is 0 Å². The van der Waals surface area contributed by atoms with Gasteiger partial charge in [0.25, 0.3) is 5.91 Å². The Kier molecular flexibility index (Phi) is 9.00. The molecule has 1 fully saturated rings. The Morgan fingerprint density at radius 1 is 1.48 bits per heavy atom. The van der Waals surface area contributed by atoms with Gasteiger partial charge in [0.2, 0.25) is 0 Å². The van der Waals surface area contributed by atoms with Crippen LogP contribution in [0.2, 0.25) is 0 Å². The van der Waals surface area contributed by atoms with Crippen LogP contribution >= 0.6 is 47.3 Å². The van der Waals surface area contributed by atoms with E-state index in [0.717, 1.165) is 23.5 Å². The number of fused-ring (bicyclic) bond motifs is 1. The number of nitrogens with one attached hydrogen (secondary N) is 2. The lowest BCUT2D eigenvalue weighted by atomic mass is 9.81. The number of aliphatic carboxylic acids is 1. The molecule has 2 heterocycles. The molecule has 0 spiro atoms. The molecule has 170 valence electrons. The predicted molar refractivity (Wildman–Crippen MR) is 127 cm³/mol. The van der Waals surface area contributed by atoms with Gasteiger partial charge in [-0.15, -0.1) is 0 Å². The van der Waals surface area contributed by atoms with Gasteiger partial charge >= 0.3 is 5.97 Å². The maximum absolute atomic E-state index is 12.6. The van der Waals surface area contributed by atoms with Gasteiger partial charge in [0.1, 0.15) is 10.1 Å². The van der Waals surface area contributed by atoms with Crippen molar-refractivity contribution >= 4 is 76.0 Å². The van der Waals surface area contributed by atoms with E-state index in [4.69, 9.17) is 35.3 Å². The molecule has 31 heavy (non-hydrogen) atoms. The molecule has 15 heteroatoms. The molecule has 0 radical (unpaired) electrons. The van der Waals surface area contributed by atoms with E-state index in [1.807, 2.05) is 0 Å². The van der Waals surface area contributed by atoms with E-state index < -0.39 is 17.6 Å². The molecule has 8 N–H and O–H groups in total. The molecule has 0 saturated carbocycles. The number of thiocarbonyl (C=S) groups is 1. The van der Waals surface area contributed by atoms with Crippen molar-refractivity contribution in [2.45, 2.75) is 37.9 Å². The fraction of sp³-hybridized carbons (Fsp3) is 0.438. The number of nitrogens with zero attached hydrogens (tertiary/aromatic N) is 3. The Morgan fingerprint density at radius 2 is 2.16 bits per heavy atom. The smallest absolute Gasteiger partial charge is 0.353 e. The summed E-state index contributed by atoms with van der Waals surface area (Å²) >= 11 is 13.2. The second-order valence-electron chi connectivity index (χ2n) is 6.44. The number of hydrogen-bond acceptors (Lipinski definition) is 11. The minimum Gasteiger partial charge on any atom is -0.477 e. The number of carboxylic acids is 1. The number of rotatable bonds is 8. The summed E-state index contributed by atoms with van der Waals surface area (Å²) in [4.78, 5) is 26.9. The molecule has 0 bridgehead atoms. The third-order valence-electron chi connectivity index (χ3n) is 4.80. The van der Waals surface area contributed by atoms with Gasteiger partial charge in [0, 0.05) is 23.5 Å². The first-order chi connectivity index (χ1) is 14.7. The number of oxime groups is 1. The van der Waals surface area contributed by atoms with Crippen molar-refractivity contribution in [2.24, 2.45) is 21.7 Å². The fourth-order valence-corrected chi connectivity index (χ4v) is 5.41. The predicted octanol–water partition coefficient (Wildman–Crippen LogP) is 0.703. The Bertz CT molecular complexity index is 879. The Hall–Kier alpha value is -2.00. The SMILES string of the molecule is C=NNC(=S)SC1=C(C(=O)O)N2C(C)C(NC(=O)C(=N\O)/C(N)=C(\Cl)SCN)C2CC1. The van der Waals surface area contributed by atoms with Crippen LogP contribution in [0.3, 0.4) is 0 Å². The summed E-state index contributed by atoms with van der Waals surface area (Å²) < 4.78 is 0.321. The first kappa shape index (κ1) is 25.3. The number of thioether (sulfide) groups is 2. The Balaban J connectivity index is 2.19. The summed E-state index contributed by atoms with van der Waals surface area (Å²) in [5.74, 6) is -1.69. The minimum absolute atomic E-state index is 0.0303. The van der Waals surface area contributed by atoms with Gasteiger partial charge in [-0.3, -0.25) is 10.2 Å². The zero-order valence-electron chi connectivity index (χ0n) is 16.4. The van der Waals surface area contributed by atoms with Crippen LogP contribution in [0.25, 0.3) is 0 Å². The number of carbonyl (C=O) groups excluding carboxylic acids is 1. The van der Waals surface area contributed by atoms with Crippen molar-refractivity contribution in [1.29, 1.82) is 0 Å². The van der Waals surface area contributed by atoms with Crippen molar-refractivity contribution in [1.82, 2.24) is 15.6 Å². The summed E-state index contributed by atoms with van der Waals surface area (Å²) in [6.45, 7) is 5.07. The highest BCUT2D eigenvalue weighted by atomic mass is 35.5. The highest BCUT2D eigenvalue weighted by molar-refractivity contribution is 8.25. The second kappa shape index (κ2) is 11.0. The molecule has 1 amide bonds. The number of allylic oxidation sites excluding steroid dienone is 1. The van der Waals surface area contributed by atoms with Gasteiger partial charge in [0.15, 0.2) is 10.0 Å². The molecule has 3 unspecified atom stereocenters. The molecule has 11 nitrogen and oxygen atoms in total. The average molecular weight is 508 g/mol. The molecular weight excluding hydrogens is 486 g/mol. The lowest BCUT2D eigenvalue weighted by molar-refractivity contribution is -0.138. The van der Waals surface area contributed by atoms with Crippen LogP contribution < -0.4 is 22.2 Å². The zero-order chi connectivity index (χ0) is 23.3. The van der Waals surface area contributed by atoms with Gasteiger partial charge in [-0.1, -0.05) is 52.5 Å². The van der Waals surface area contributed by atoms with Crippen molar-refractivity contribution in [3.05, 3.63) is 20.7 Å². The van der Waals surface area contributed by atoms with E-state index in [2.05, 4.69) is 27.7 Å². The maximum atomic E-state index is 12.6. The summed E-state index contributed by atoms with van der Waals surface area (Å²) in [6, 6.07) is -0.986. The quantitative estimate of drug-likeness (QED) is 0.0895. The van der Waals surface area contributed by atoms with Crippen LogP contribution in [0.1, 0.15) is 19.8 Å². The molecule has 2 aliphatic rings. The number of hydrazone groups is 1. The highest BCUT2D eigenvalue weighted by Crippen LogP contribution is 2.43. The molecular formula is C16H22ClN7O4S3. The van der Waals surface area contributed by atoms with Gasteiger partial charge in [-0.05, 0) is 19.8 Å². The molecule has 2 aliphatic heterocycles. The molecule has 0 aromatic rings. The summed E-state index contributed by atoms with van der Waals surface area (Å²) in [7, 11) is 0. The van der Waals surface area contributed by atoms with Crippen LogP contribution in [0, 0.1) is 0 Å². The summed E-state index contributed by atoms with van der Waals surface area (Å²) in [5, 5.41) is 28.2. The third kappa shape index (κ3) is 5.44. The van der Waals surface area contributed by atoms with E-state index in [1.54, 1.807) is 11.8 Å². The molecule has 2 rings (SSSR count). The van der Waals surface area contributed by atoms with Crippen LogP contribution in [0.15, 0.2) is 30.9 Å². The summed E-state index contributed by atoms with van der Waals surface area (Å²) in [5.41, 5.74) is 13.2. The van der Waals surface area contributed by atoms with Crippen molar-refractivity contribution in [3.63, 3.8) is 0 Å². The van der Waals surface area contributed by atoms with Crippen LogP contribution in [0.4, 0.5) is 0 Å². The molecule has 0 aromatic carbocycles. The van der Waals surface area contributed by atoms with Gasteiger partial charge in [-0.2, -0.15) is 5.10 Å². The van der Waals surface area contributed by atoms with Gasteiger partial charge in [0.05, 0.1) is 17.8 Å². The lowest BCUT2D eigenvalue weighted by Gasteiger charge is -2.57. The highest BCUT2D eigenvalue weighted by Gasteiger charge is 2.51. The Labute approximate surface area is 197 Å². The maximum Gasteiger partial charge on any atom is 0.353 e. The minimum atomic E-state index is -1.09. The fourth-order valence-electron chi connectivity index (χ4n) is 3.53. The monoisotopic (exact) mass is 507 g/mol. The molecule has 0 aliphatic carbocycles. The van der Waals surface area contributed by atoms with Gasteiger partial charge < -0.3 is 32.0 Å². The summed E-state index contributed by atoms with van der Waals surface area (Å²) in [6.07, 6.45) is 1.03. The first-order valence-electron chi connectivity index (χ1n) is 8.87. The number of carboxylic acid groups (broad SMARTS) is 1. The number of carbonyl (C=O) groups is 2. The van der Waals surface area contributed by atoms with Crippen molar-refractivity contribution in [2.75, 3.05) is 5.88 Å². The van der Waals surface area contributed by atoms with E-state index in [1.165, 1.54) is 0 Å². The number of hydrogen-bond donors (Lipinski definition) is 6. The average Bonchev–Trinajstić information content (AvgIpc) is 2.72. The standard InChI is InChI=1S/C16H22ClN7O4S3/c1-6-10(21-14(25)11(23-28)9(19)13(17)30-5-18)7-3-4-8(31-16(29)22-20-2)12(15(26)27)24(6)7/h6-7,10,28H,2-5,18-19H2,1H3,(H,21,25)(H,22,29)(H,26,27)/b13-9-,23-11-. The van der Waals surface area contributed by atoms with Crippen LogP contribution in [-0.4, -0.2) is 67.8 Å². The molecule has 0 aromatic heterocycles. The largest absolute Gasteiger partial charge is 0.477 e. The molecule has 3 atom stereocenters. The van der Waals surface area contributed by atoms with Crippen molar-refractivity contribution < 1.29 is 19.9 Å². The van der Waals surface area contributed by atoms with Crippen LogP contribution in [0.5, 0.6) is 0 Å². The first-order valence-corrected chi connectivity index (χ1v) is 11.5. The van der Waals surface area contributed by atoms with Gasteiger partial charge in [-0.25, -0.2) is 4.79 Å².